The Morgan fingerprint density at radius 2 is 1.51 bits per heavy atom. The minimum absolute atomic E-state index is 0.0880. The summed E-state index contributed by atoms with van der Waals surface area (Å²) in [5.41, 5.74) is -1.02. The average Bonchev–Trinajstić information content (AvgIpc) is 3.44. The van der Waals surface area contributed by atoms with Crippen LogP contribution in [-0.2, 0) is 27.4 Å². The van der Waals surface area contributed by atoms with Crippen LogP contribution in [0.1, 0.15) is 29.5 Å². The number of piperazine rings is 1. The van der Waals surface area contributed by atoms with Crippen molar-refractivity contribution in [2.24, 2.45) is 0 Å². The predicted octanol–water partition coefficient (Wildman–Crippen LogP) is 3.33. The van der Waals surface area contributed by atoms with Gasteiger partial charge < -0.3 is 9.32 Å². The molecule has 0 N–H and O–H groups in total. The minimum Gasteiger partial charge on any atom is -0.423 e. The van der Waals surface area contributed by atoms with E-state index in [9.17, 15) is 31.2 Å². The van der Waals surface area contributed by atoms with Gasteiger partial charge in [-0.15, -0.1) is 0 Å². The summed E-state index contributed by atoms with van der Waals surface area (Å²) in [6.45, 7) is 3.39. The predicted molar refractivity (Wildman–Crippen MR) is 138 cm³/mol. The minimum atomic E-state index is -4.71. The van der Waals surface area contributed by atoms with Crippen molar-refractivity contribution in [2.45, 2.75) is 30.3 Å². The molecule has 2 fully saturated rings. The third-order valence-electron chi connectivity index (χ3n) is 7.23. The van der Waals surface area contributed by atoms with Crippen LogP contribution in [0.2, 0.25) is 0 Å². The molecule has 8 nitrogen and oxygen atoms in total. The van der Waals surface area contributed by atoms with E-state index in [1.54, 1.807) is 18.2 Å². The number of likely N-dealkylation sites (tertiary alicyclic amines) is 1. The molecule has 0 bridgehead atoms. The highest BCUT2D eigenvalue weighted by Gasteiger charge is 2.34. The van der Waals surface area contributed by atoms with Crippen LogP contribution in [0.5, 0.6) is 0 Å². The summed E-state index contributed by atoms with van der Waals surface area (Å²) in [6.07, 6.45) is -2.40. The summed E-state index contributed by atoms with van der Waals surface area (Å²) in [6, 6.07) is 10.9. The summed E-state index contributed by atoms with van der Waals surface area (Å²) in [7, 11) is -3.73. The largest absolute Gasteiger partial charge is 0.423 e. The zero-order chi connectivity index (χ0) is 27.8. The van der Waals surface area contributed by atoms with Gasteiger partial charge in [0.05, 0.1) is 17.0 Å². The lowest BCUT2D eigenvalue weighted by Gasteiger charge is -2.34. The normalized spacial score (nSPS) is 17.7. The molecule has 5 rings (SSSR count). The Morgan fingerprint density at radius 1 is 0.872 bits per heavy atom. The fourth-order valence-electron chi connectivity index (χ4n) is 5.10. The van der Waals surface area contributed by atoms with E-state index in [2.05, 4.69) is 0 Å². The SMILES string of the molecule is O=C(CN1CCN(S(=O)(=O)c2ccc(Cc3ccc4oc(=O)cc(C(F)(F)F)c4c3)cc2)CC1)N1CCCC1. The number of nitrogens with zero attached hydrogens (tertiary/aromatic N) is 3. The number of sulfonamides is 1. The molecule has 2 saturated heterocycles. The van der Waals surface area contributed by atoms with Gasteiger partial charge in [-0.25, -0.2) is 13.2 Å². The topological polar surface area (TPSA) is 91.1 Å². The zero-order valence-electron chi connectivity index (χ0n) is 21.1. The number of alkyl halides is 3. The van der Waals surface area contributed by atoms with Crippen molar-refractivity contribution < 1.29 is 30.8 Å². The van der Waals surface area contributed by atoms with Gasteiger partial charge in [0, 0.05) is 50.7 Å². The van der Waals surface area contributed by atoms with E-state index in [-0.39, 0.29) is 41.3 Å². The molecule has 0 unspecified atom stereocenters. The number of carbonyl (C=O) groups is 1. The van der Waals surface area contributed by atoms with Gasteiger partial charge >= 0.3 is 11.8 Å². The first-order chi connectivity index (χ1) is 18.5. The molecule has 39 heavy (non-hydrogen) atoms. The second kappa shape index (κ2) is 10.7. The van der Waals surface area contributed by atoms with Crippen molar-refractivity contribution in [2.75, 3.05) is 45.8 Å². The van der Waals surface area contributed by atoms with Crippen LogP contribution in [0.4, 0.5) is 13.2 Å². The van der Waals surface area contributed by atoms with Crippen molar-refractivity contribution in [3.63, 3.8) is 0 Å². The molecule has 0 aliphatic carbocycles. The van der Waals surface area contributed by atoms with Gasteiger partial charge in [-0.3, -0.25) is 9.69 Å². The van der Waals surface area contributed by atoms with Crippen molar-refractivity contribution >= 4 is 26.9 Å². The van der Waals surface area contributed by atoms with Gasteiger partial charge in [-0.2, -0.15) is 17.5 Å². The summed E-state index contributed by atoms with van der Waals surface area (Å²) < 4.78 is 73.0. The molecule has 1 amide bonds. The van der Waals surface area contributed by atoms with Gasteiger partial charge in [0.25, 0.3) is 0 Å². The highest BCUT2D eigenvalue weighted by molar-refractivity contribution is 7.89. The number of benzene rings is 2. The van der Waals surface area contributed by atoms with Crippen molar-refractivity contribution in [3.05, 3.63) is 75.6 Å². The fraction of sp³-hybridized carbons (Fsp3) is 0.407. The van der Waals surface area contributed by atoms with Gasteiger partial charge in [0.1, 0.15) is 5.58 Å². The van der Waals surface area contributed by atoms with Crippen LogP contribution in [-0.4, -0.2) is 74.2 Å². The molecule has 208 valence electrons. The van der Waals surface area contributed by atoms with Crippen LogP contribution < -0.4 is 5.63 Å². The lowest BCUT2D eigenvalue weighted by molar-refractivity contribution is -0.136. The zero-order valence-corrected chi connectivity index (χ0v) is 21.9. The van der Waals surface area contributed by atoms with E-state index in [0.29, 0.717) is 36.8 Å². The first-order valence-electron chi connectivity index (χ1n) is 12.7. The van der Waals surface area contributed by atoms with E-state index in [4.69, 9.17) is 4.42 Å². The molecule has 1 aromatic heterocycles. The average molecular weight is 564 g/mol. The lowest BCUT2D eigenvalue weighted by atomic mass is 10.0. The molecule has 0 radical (unpaired) electrons. The molecule has 0 saturated carbocycles. The molecule has 2 aromatic carbocycles. The monoisotopic (exact) mass is 563 g/mol. The Hall–Kier alpha value is -3.22. The van der Waals surface area contributed by atoms with E-state index >= 15 is 0 Å². The van der Waals surface area contributed by atoms with Crippen LogP contribution >= 0.6 is 0 Å². The number of hydrogen-bond acceptors (Lipinski definition) is 6. The molecule has 3 aromatic rings. The maximum Gasteiger partial charge on any atom is 0.417 e. The molecule has 3 heterocycles. The molecule has 0 atom stereocenters. The van der Waals surface area contributed by atoms with Crippen molar-refractivity contribution in [1.29, 1.82) is 0 Å². The number of rotatable bonds is 6. The standard InChI is InChI=1S/C27H28F3N3O5S/c28-27(29,30)23-17-26(35)38-24-8-5-20(16-22(23)24)15-19-3-6-21(7-4-19)39(36,37)33-13-11-31(12-14-33)18-25(34)32-9-1-2-10-32/h3-8,16-17H,1-2,9-15,18H2. The summed E-state index contributed by atoms with van der Waals surface area (Å²) in [4.78, 5) is 27.9. The van der Waals surface area contributed by atoms with Crippen molar-refractivity contribution in [3.8, 4) is 0 Å². The van der Waals surface area contributed by atoms with Gasteiger partial charge in [-0.1, -0.05) is 18.2 Å². The first-order valence-corrected chi connectivity index (χ1v) is 14.2. The lowest BCUT2D eigenvalue weighted by Crippen LogP contribution is -2.51. The van der Waals surface area contributed by atoms with E-state index in [1.165, 1.54) is 28.6 Å². The third kappa shape index (κ3) is 6.02. The third-order valence-corrected chi connectivity index (χ3v) is 9.14. The van der Waals surface area contributed by atoms with Gasteiger partial charge in [-0.05, 0) is 54.7 Å². The Kier molecular flexibility index (Phi) is 7.53. The summed E-state index contributed by atoms with van der Waals surface area (Å²) in [5, 5.41) is -0.208. The summed E-state index contributed by atoms with van der Waals surface area (Å²) >= 11 is 0. The highest BCUT2D eigenvalue weighted by Crippen LogP contribution is 2.34. The Morgan fingerprint density at radius 3 is 2.15 bits per heavy atom. The Labute approximate surface area is 223 Å². The Bertz CT molecular complexity index is 1520. The second-order valence-corrected chi connectivity index (χ2v) is 11.8. The number of halogens is 3. The second-order valence-electron chi connectivity index (χ2n) is 9.90. The number of carbonyl (C=O) groups excluding carboxylic acids is 1. The smallest absolute Gasteiger partial charge is 0.417 e. The molecule has 12 heteroatoms. The molecule has 2 aliphatic heterocycles. The fourth-order valence-corrected chi connectivity index (χ4v) is 6.53. The quantitative estimate of drug-likeness (QED) is 0.428. The van der Waals surface area contributed by atoms with Crippen LogP contribution in [0, 0.1) is 0 Å². The molecule has 0 spiro atoms. The van der Waals surface area contributed by atoms with E-state index in [0.717, 1.165) is 25.9 Å². The van der Waals surface area contributed by atoms with E-state index in [1.807, 2.05) is 9.80 Å². The number of hydrogen-bond donors (Lipinski definition) is 0. The van der Waals surface area contributed by atoms with Crippen LogP contribution in [0.15, 0.2) is 62.6 Å². The maximum atomic E-state index is 13.4. The highest BCUT2D eigenvalue weighted by atomic mass is 32.2. The molecular formula is C27H28F3N3O5S. The Balaban J connectivity index is 1.24. The van der Waals surface area contributed by atoms with Gasteiger partial charge in [0.15, 0.2) is 0 Å². The molecular weight excluding hydrogens is 535 g/mol. The number of fused-ring (bicyclic) bond motifs is 1. The van der Waals surface area contributed by atoms with Crippen LogP contribution in [0.25, 0.3) is 11.0 Å². The first kappa shape index (κ1) is 27.4. The number of amides is 1. The summed E-state index contributed by atoms with van der Waals surface area (Å²) in [5.74, 6) is 0.0880. The van der Waals surface area contributed by atoms with Gasteiger partial charge in [0.2, 0.25) is 15.9 Å². The molecule has 2 aliphatic rings. The van der Waals surface area contributed by atoms with Crippen molar-refractivity contribution in [1.82, 2.24) is 14.1 Å². The van der Waals surface area contributed by atoms with E-state index < -0.39 is 27.4 Å². The maximum absolute atomic E-state index is 13.4. The van der Waals surface area contributed by atoms with Crippen LogP contribution in [0.3, 0.4) is 0 Å².